The average Bonchev–Trinajstić information content (AvgIpc) is 3.14. The molecule has 0 radical (unpaired) electrons. The Kier molecular flexibility index (Phi) is 6.00. The summed E-state index contributed by atoms with van der Waals surface area (Å²) >= 11 is 1.27. The molecular weight excluding hydrogens is 374 g/mol. The Morgan fingerprint density at radius 1 is 0.964 bits per heavy atom. The average molecular weight is 395 g/mol. The highest BCUT2D eigenvalue weighted by Crippen LogP contribution is 2.25. The lowest BCUT2D eigenvalue weighted by Crippen LogP contribution is -2.43. The van der Waals surface area contributed by atoms with E-state index in [-0.39, 0.29) is 5.91 Å². The van der Waals surface area contributed by atoms with Crippen LogP contribution in [0.25, 0.3) is 10.6 Å². The first-order valence-corrected chi connectivity index (χ1v) is 9.59. The summed E-state index contributed by atoms with van der Waals surface area (Å²) in [6, 6.07) is 14.1. The molecule has 0 aliphatic heterocycles. The van der Waals surface area contributed by atoms with Crippen molar-refractivity contribution in [2.45, 2.75) is 26.8 Å². The van der Waals surface area contributed by atoms with Crippen molar-refractivity contribution in [3.05, 3.63) is 59.7 Å². The van der Waals surface area contributed by atoms with Gasteiger partial charge in [-0.15, -0.1) is 10.2 Å². The van der Waals surface area contributed by atoms with Gasteiger partial charge in [0.1, 0.15) is 11.0 Å². The van der Waals surface area contributed by atoms with Gasteiger partial charge in [0.2, 0.25) is 11.0 Å². The molecule has 0 aliphatic carbocycles. The first-order valence-electron chi connectivity index (χ1n) is 8.77. The molecule has 3 amide bonds. The number of urea groups is 1. The van der Waals surface area contributed by atoms with E-state index in [0.717, 1.165) is 16.7 Å². The Labute approximate surface area is 167 Å². The standard InChI is InChI=1S/C20H21N5O2S/c1-12-8-7-11-16(13(12)2)22-19(27)21-14(3)17(26)23-20-25-24-18(28-20)15-9-5-4-6-10-15/h4-11,14H,1-3H3,(H2,21,22,27)(H,23,25,26). The highest BCUT2D eigenvalue weighted by Gasteiger charge is 2.18. The molecule has 0 aliphatic rings. The number of rotatable bonds is 5. The van der Waals surface area contributed by atoms with E-state index in [1.165, 1.54) is 11.3 Å². The minimum atomic E-state index is -0.741. The van der Waals surface area contributed by atoms with Crippen LogP contribution in [-0.4, -0.2) is 28.2 Å². The number of nitrogens with one attached hydrogen (secondary N) is 3. The van der Waals surface area contributed by atoms with Gasteiger partial charge in [-0.1, -0.05) is 53.8 Å². The van der Waals surface area contributed by atoms with Crippen molar-refractivity contribution in [3.8, 4) is 10.6 Å². The van der Waals surface area contributed by atoms with Gasteiger partial charge < -0.3 is 10.6 Å². The summed E-state index contributed by atoms with van der Waals surface area (Å²) in [4.78, 5) is 24.6. The summed E-state index contributed by atoms with van der Waals surface area (Å²) in [6.45, 7) is 5.51. The molecule has 0 bridgehead atoms. The third-order valence-corrected chi connectivity index (χ3v) is 5.16. The molecule has 3 aromatic rings. The van der Waals surface area contributed by atoms with Crippen molar-refractivity contribution in [2.75, 3.05) is 10.6 Å². The number of amides is 3. The lowest BCUT2D eigenvalue weighted by atomic mass is 10.1. The molecule has 0 saturated heterocycles. The van der Waals surface area contributed by atoms with Crippen molar-refractivity contribution in [2.24, 2.45) is 0 Å². The number of benzene rings is 2. The lowest BCUT2D eigenvalue weighted by Gasteiger charge is -2.15. The van der Waals surface area contributed by atoms with E-state index >= 15 is 0 Å². The number of aromatic nitrogens is 2. The monoisotopic (exact) mass is 395 g/mol. The summed E-state index contributed by atoms with van der Waals surface area (Å²) < 4.78 is 0. The first kappa shape index (κ1) is 19.5. The summed E-state index contributed by atoms with van der Waals surface area (Å²) in [6.07, 6.45) is 0. The second-order valence-corrected chi connectivity index (χ2v) is 7.31. The van der Waals surface area contributed by atoms with Gasteiger partial charge in [0.05, 0.1) is 0 Å². The van der Waals surface area contributed by atoms with Crippen LogP contribution in [0.4, 0.5) is 15.6 Å². The second-order valence-electron chi connectivity index (χ2n) is 6.34. The van der Waals surface area contributed by atoms with Gasteiger partial charge in [-0.25, -0.2) is 4.79 Å². The number of aryl methyl sites for hydroxylation is 1. The van der Waals surface area contributed by atoms with Gasteiger partial charge in [-0.05, 0) is 38.0 Å². The highest BCUT2D eigenvalue weighted by atomic mass is 32.1. The van der Waals surface area contributed by atoms with Crippen molar-refractivity contribution >= 4 is 34.1 Å². The first-order chi connectivity index (χ1) is 13.4. The van der Waals surface area contributed by atoms with E-state index in [1.54, 1.807) is 6.92 Å². The van der Waals surface area contributed by atoms with Crippen molar-refractivity contribution < 1.29 is 9.59 Å². The third kappa shape index (κ3) is 4.72. The molecule has 28 heavy (non-hydrogen) atoms. The number of carbonyl (C=O) groups is 2. The largest absolute Gasteiger partial charge is 0.326 e. The third-order valence-electron chi connectivity index (χ3n) is 4.27. The molecule has 1 unspecified atom stereocenters. The Morgan fingerprint density at radius 3 is 2.46 bits per heavy atom. The lowest BCUT2D eigenvalue weighted by molar-refractivity contribution is -0.117. The number of nitrogens with zero attached hydrogens (tertiary/aromatic N) is 2. The Balaban J connectivity index is 1.57. The Bertz CT molecular complexity index is 987. The molecule has 144 valence electrons. The molecule has 1 heterocycles. The van der Waals surface area contributed by atoms with Gasteiger partial charge in [0, 0.05) is 11.3 Å². The van der Waals surface area contributed by atoms with Crippen LogP contribution in [0, 0.1) is 13.8 Å². The fourth-order valence-electron chi connectivity index (χ4n) is 2.49. The zero-order chi connectivity index (χ0) is 20.1. The molecule has 1 atom stereocenters. The summed E-state index contributed by atoms with van der Waals surface area (Å²) in [7, 11) is 0. The highest BCUT2D eigenvalue weighted by molar-refractivity contribution is 7.18. The van der Waals surface area contributed by atoms with E-state index in [0.29, 0.717) is 15.8 Å². The van der Waals surface area contributed by atoms with Crippen molar-refractivity contribution in [1.82, 2.24) is 15.5 Å². The second kappa shape index (κ2) is 8.62. The smallest absolute Gasteiger partial charge is 0.319 e. The van der Waals surface area contributed by atoms with Crippen LogP contribution in [0.15, 0.2) is 48.5 Å². The summed E-state index contributed by atoms with van der Waals surface area (Å²) in [5.41, 5.74) is 3.70. The van der Waals surface area contributed by atoms with Crippen molar-refractivity contribution in [3.63, 3.8) is 0 Å². The normalized spacial score (nSPS) is 11.5. The van der Waals surface area contributed by atoms with Crippen LogP contribution in [0.3, 0.4) is 0 Å². The predicted molar refractivity (Wildman–Crippen MR) is 112 cm³/mol. The van der Waals surface area contributed by atoms with E-state index in [2.05, 4.69) is 26.1 Å². The molecule has 1 aromatic heterocycles. The minimum absolute atomic E-state index is 0.369. The minimum Gasteiger partial charge on any atom is -0.326 e. The Morgan fingerprint density at radius 2 is 1.71 bits per heavy atom. The molecule has 0 saturated carbocycles. The van der Waals surface area contributed by atoms with E-state index < -0.39 is 12.1 Å². The van der Waals surface area contributed by atoms with Gasteiger partial charge >= 0.3 is 6.03 Å². The molecule has 8 heteroatoms. The summed E-state index contributed by atoms with van der Waals surface area (Å²) in [5, 5.41) is 17.3. The number of hydrogen-bond donors (Lipinski definition) is 3. The molecule has 3 N–H and O–H groups in total. The SMILES string of the molecule is Cc1cccc(NC(=O)NC(C)C(=O)Nc2nnc(-c3ccccc3)s2)c1C. The molecule has 7 nitrogen and oxygen atoms in total. The van der Waals surface area contributed by atoms with Crippen LogP contribution < -0.4 is 16.0 Å². The number of anilines is 2. The molecule has 3 rings (SSSR count). The maximum absolute atomic E-state index is 12.4. The predicted octanol–water partition coefficient (Wildman–Crippen LogP) is 3.97. The molecule has 0 spiro atoms. The van der Waals surface area contributed by atoms with E-state index in [4.69, 9.17) is 0 Å². The molecular formula is C20H21N5O2S. The van der Waals surface area contributed by atoms with Gasteiger partial charge in [0.15, 0.2) is 0 Å². The summed E-state index contributed by atoms with van der Waals surface area (Å²) in [5.74, 6) is -0.369. The zero-order valence-electron chi connectivity index (χ0n) is 15.8. The van der Waals surface area contributed by atoms with Crippen LogP contribution in [0.5, 0.6) is 0 Å². The van der Waals surface area contributed by atoms with Gasteiger partial charge in [-0.2, -0.15) is 0 Å². The van der Waals surface area contributed by atoms with E-state index in [1.807, 2.05) is 62.4 Å². The number of carbonyl (C=O) groups excluding carboxylic acids is 2. The fourth-order valence-corrected chi connectivity index (χ4v) is 3.24. The fraction of sp³-hybridized carbons (Fsp3) is 0.200. The van der Waals surface area contributed by atoms with Gasteiger partial charge in [-0.3, -0.25) is 10.1 Å². The van der Waals surface area contributed by atoms with Crippen LogP contribution in [0.1, 0.15) is 18.1 Å². The van der Waals surface area contributed by atoms with E-state index in [9.17, 15) is 9.59 Å². The Hall–Kier alpha value is -3.26. The van der Waals surface area contributed by atoms with Gasteiger partial charge in [0.25, 0.3) is 0 Å². The maximum atomic E-state index is 12.4. The van der Waals surface area contributed by atoms with Crippen LogP contribution in [-0.2, 0) is 4.79 Å². The van der Waals surface area contributed by atoms with Crippen LogP contribution in [0.2, 0.25) is 0 Å². The van der Waals surface area contributed by atoms with Crippen LogP contribution >= 0.6 is 11.3 Å². The maximum Gasteiger partial charge on any atom is 0.319 e. The van der Waals surface area contributed by atoms with Crippen molar-refractivity contribution in [1.29, 1.82) is 0 Å². The number of hydrogen-bond acceptors (Lipinski definition) is 5. The zero-order valence-corrected chi connectivity index (χ0v) is 16.6. The topological polar surface area (TPSA) is 96.0 Å². The quantitative estimate of drug-likeness (QED) is 0.609. The molecule has 0 fully saturated rings. The molecule has 2 aromatic carbocycles.